The van der Waals surface area contributed by atoms with Crippen LogP contribution in [0, 0.1) is 0 Å². The van der Waals surface area contributed by atoms with Crippen LogP contribution in [0.15, 0.2) is 72.1 Å². The molecule has 1 aromatic heterocycles. The van der Waals surface area contributed by atoms with Crippen LogP contribution in [0.4, 0.5) is 0 Å². The highest BCUT2D eigenvalue weighted by Gasteiger charge is 2.22. The van der Waals surface area contributed by atoms with Gasteiger partial charge in [-0.25, -0.2) is 0 Å². The summed E-state index contributed by atoms with van der Waals surface area (Å²) in [5.41, 5.74) is 1.85. The van der Waals surface area contributed by atoms with Crippen molar-refractivity contribution >= 4 is 23.2 Å². The van der Waals surface area contributed by atoms with Crippen molar-refractivity contribution in [1.82, 2.24) is 10.6 Å². The summed E-state index contributed by atoms with van der Waals surface area (Å²) < 4.78 is 5.33. The maximum atomic E-state index is 12.9. The average molecular weight is 394 g/mol. The lowest BCUT2D eigenvalue weighted by atomic mass is 10.0. The van der Waals surface area contributed by atoms with E-state index in [0.717, 1.165) is 11.1 Å². The van der Waals surface area contributed by atoms with Gasteiger partial charge in [-0.15, -0.1) is 11.3 Å². The molecule has 1 atom stereocenters. The number of carbonyl (C=O) groups is 2. The quantitative estimate of drug-likeness (QED) is 0.615. The van der Waals surface area contributed by atoms with E-state index in [4.69, 9.17) is 4.74 Å². The summed E-state index contributed by atoms with van der Waals surface area (Å²) in [4.78, 5) is 25.9. The topological polar surface area (TPSA) is 67.4 Å². The molecule has 0 fully saturated rings. The first kappa shape index (κ1) is 19.6. The minimum absolute atomic E-state index is 0.236. The molecule has 0 saturated carbocycles. The second-order valence-electron chi connectivity index (χ2n) is 6.22. The molecule has 0 aliphatic rings. The fourth-order valence-corrected chi connectivity index (χ4v) is 3.48. The first-order valence-corrected chi connectivity index (χ1v) is 9.83. The van der Waals surface area contributed by atoms with Gasteiger partial charge in [-0.1, -0.05) is 54.6 Å². The van der Waals surface area contributed by atoms with Crippen molar-refractivity contribution < 1.29 is 14.3 Å². The predicted octanol–water partition coefficient (Wildman–Crippen LogP) is 3.41. The largest absolute Gasteiger partial charge is 0.496 e. The highest BCUT2D eigenvalue weighted by Crippen LogP contribution is 2.17. The molecule has 0 unspecified atom stereocenters. The zero-order valence-corrected chi connectivity index (χ0v) is 16.4. The van der Waals surface area contributed by atoms with Crippen molar-refractivity contribution in [3.05, 3.63) is 88.1 Å². The number of rotatable bonds is 8. The van der Waals surface area contributed by atoms with E-state index in [-0.39, 0.29) is 11.8 Å². The van der Waals surface area contributed by atoms with Gasteiger partial charge in [0.25, 0.3) is 5.91 Å². The second-order valence-corrected chi connectivity index (χ2v) is 7.17. The summed E-state index contributed by atoms with van der Waals surface area (Å²) in [7, 11) is 1.60. The van der Waals surface area contributed by atoms with E-state index < -0.39 is 6.04 Å². The number of hydrogen-bond acceptors (Lipinski definition) is 4. The Bertz CT molecular complexity index is 911. The third-order valence-electron chi connectivity index (χ3n) is 4.30. The van der Waals surface area contributed by atoms with Crippen LogP contribution in [-0.2, 0) is 17.8 Å². The molecule has 5 nitrogen and oxygen atoms in total. The molecular formula is C22H22N2O3S. The Morgan fingerprint density at radius 2 is 1.75 bits per heavy atom. The molecule has 0 aliphatic carbocycles. The van der Waals surface area contributed by atoms with Gasteiger partial charge in [-0.3, -0.25) is 9.59 Å². The van der Waals surface area contributed by atoms with E-state index in [1.165, 1.54) is 11.3 Å². The Hall–Kier alpha value is -3.12. The molecular weight excluding hydrogens is 372 g/mol. The van der Waals surface area contributed by atoms with Crippen LogP contribution in [0.25, 0.3) is 0 Å². The molecule has 3 aromatic rings. The van der Waals surface area contributed by atoms with Gasteiger partial charge in [-0.2, -0.15) is 0 Å². The van der Waals surface area contributed by atoms with Crippen molar-refractivity contribution in [2.45, 2.75) is 19.0 Å². The van der Waals surface area contributed by atoms with E-state index in [0.29, 0.717) is 23.6 Å². The highest BCUT2D eigenvalue weighted by molar-refractivity contribution is 7.12. The van der Waals surface area contributed by atoms with Crippen molar-refractivity contribution in [2.24, 2.45) is 0 Å². The molecule has 1 heterocycles. The maximum Gasteiger partial charge on any atom is 0.262 e. The average Bonchev–Trinajstić information content (AvgIpc) is 3.27. The molecule has 0 spiro atoms. The molecule has 6 heteroatoms. The van der Waals surface area contributed by atoms with Crippen molar-refractivity contribution in [1.29, 1.82) is 0 Å². The van der Waals surface area contributed by atoms with Crippen molar-refractivity contribution in [2.75, 3.05) is 7.11 Å². The van der Waals surface area contributed by atoms with Gasteiger partial charge >= 0.3 is 0 Å². The zero-order valence-electron chi connectivity index (χ0n) is 15.6. The Balaban J connectivity index is 1.71. The lowest BCUT2D eigenvalue weighted by Crippen LogP contribution is -2.47. The Morgan fingerprint density at radius 3 is 2.46 bits per heavy atom. The third-order valence-corrected chi connectivity index (χ3v) is 5.16. The van der Waals surface area contributed by atoms with Gasteiger partial charge in [0.2, 0.25) is 5.91 Å². The molecule has 0 aliphatic heterocycles. The molecule has 28 heavy (non-hydrogen) atoms. The summed E-state index contributed by atoms with van der Waals surface area (Å²) in [6.07, 6.45) is 0.412. The first-order chi connectivity index (χ1) is 13.7. The number of hydrogen-bond donors (Lipinski definition) is 2. The molecule has 0 bridgehead atoms. The Kier molecular flexibility index (Phi) is 6.81. The lowest BCUT2D eigenvalue weighted by molar-refractivity contribution is -0.123. The fraction of sp³-hybridized carbons (Fsp3) is 0.182. The summed E-state index contributed by atoms with van der Waals surface area (Å²) in [5.74, 6) is 0.230. The van der Waals surface area contributed by atoms with Crippen LogP contribution in [-0.4, -0.2) is 25.0 Å². The van der Waals surface area contributed by atoms with E-state index in [1.54, 1.807) is 13.2 Å². The Morgan fingerprint density at radius 1 is 1.00 bits per heavy atom. The SMILES string of the molecule is COc1ccccc1CNC(=O)[C@H](Cc1ccccc1)NC(=O)c1cccs1. The summed E-state index contributed by atoms with van der Waals surface area (Å²) in [6, 6.07) is 20.0. The number of thiophene rings is 1. The first-order valence-electron chi connectivity index (χ1n) is 8.95. The monoisotopic (exact) mass is 394 g/mol. The van der Waals surface area contributed by atoms with Gasteiger partial charge in [0.15, 0.2) is 0 Å². The minimum Gasteiger partial charge on any atom is -0.496 e. The molecule has 2 N–H and O–H groups in total. The smallest absolute Gasteiger partial charge is 0.262 e. The van der Waals surface area contributed by atoms with Gasteiger partial charge in [0, 0.05) is 18.5 Å². The van der Waals surface area contributed by atoms with Crippen LogP contribution in [0.5, 0.6) is 5.75 Å². The van der Waals surface area contributed by atoms with Gasteiger partial charge < -0.3 is 15.4 Å². The molecule has 2 aromatic carbocycles. The maximum absolute atomic E-state index is 12.9. The van der Waals surface area contributed by atoms with Crippen LogP contribution in [0.1, 0.15) is 20.8 Å². The van der Waals surface area contributed by atoms with E-state index in [2.05, 4.69) is 10.6 Å². The number of para-hydroxylation sites is 1. The summed E-state index contributed by atoms with van der Waals surface area (Å²) in [6.45, 7) is 0.322. The molecule has 2 amide bonds. The van der Waals surface area contributed by atoms with E-state index in [9.17, 15) is 9.59 Å². The number of nitrogens with one attached hydrogen (secondary N) is 2. The molecule has 144 valence electrons. The van der Waals surface area contributed by atoms with E-state index >= 15 is 0 Å². The standard InChI is InChI=1S/C22H22N2O3S/c1-27-19-11-6-5-10-17(19)15-23-21(25)18(14-16-8-3-2-4-9-16)24-22(26)20-12-7-13-28-20/h2-13,18H,14-15H2,1H3,(H,23,25)(H,24,26)/t18-/m0/s1. The third kappa shape index (κ3) is 5.20. The second kappa shape index (κ2) is 9.71. The van der Waals surface area contributed by atoms with Gasteiger partial charge in [0.05, 0.1) is 12.0 Å². The predicted molar refractivity (Wildman–Crippen MR) is 111 cm³/mol. The molecule has 3 rings (SSSR count). The van der Waals surface area contributed by atoms with Crippen LogP contribution < -0.4 is 15.4 Å². The normalized spacial score (nSPS) is 11.5. The van der Waals surface area contributed by atoms with Gasteiger partial charge in [-0.05, 0) is 23.1 Å². The van der Waals surface area contributed by atoms with Gasteiger partial charge in [0.1, 0.15) is 11.8 Å². The van der Waals surface area contributed by atoms with Crippen molar-refractivity contribution in [3.8, 4) is 5.75 Å². The summed E-state index contributed by atoms with van der Waals surface area (Å²) >= 11 is 1.35. The van der Waals surface area contributed by atoms with Crippen LogP contribution in [0.3, 0.4) is 0 Å². The minimum atomic E-state index is -0.674. The number of benzene rings is 2. The molecule has 0 radical (unpaired) electrons. The van der Waals surface area contributed by atoms with E-state index in [1.807, 2.05) is 66.0 Å². The highest BCUT2D eigenvalue weighted by atomic mass is 32.1. The number of methoxy groups -OCH3 is 1. The van der Waals surface area contributed by atoms with Crippen LogP contribution >= 0.6 is 11.3 Å². The van der Waals surface area contributed by atoms with Crippen LogP contribution in [0.2, 0.25) is 0 Å². The number of ether oxygens (including phenoxy) is 1. The molecule has 0 saturated heterocycles. The fourth-order valence-electron chi connectivity index (χ4n) is 2.85. The number of carbonyl (C=O) groups excluding carboxylic acids is 2. The summed E-state index contributed by atoms with van der Waals surface area (Å²) in [5, 5.41) is 7.61. The Labute approximate surface area is 168 Å². The lowest BCUT2D eigenvalue weighted by Gasteiger charge is -2.19. The number of amides is 2. The van der Waals surface area contributed by atoms with Crippen molar-refractivity contribution in [3.63, 3.8) is 0 Å². The zero-order chi connectivity index (χ0) is 19.8.